The van der Waals surface area contributed by atoms with E-state index in [0.29, 0.717) is 30.2 Å². The Labute approximate surface area is 179 Å². The van der Waals surface area contributed by atoms with Crippen LogP contribution in [-0.2, 0) is 4.79 Å². The van der Waals surface area contributed by atoms with Gasteiger partial charge in [-0.3, -0.25) is 9.69 Å². The summed E-state index contributed by atoms with van der Waals surface area (Å²) in [7, 11) is 4.77. The Bertz CT molecular complexity index is 830. The number of carboxylic acids is 1. The minimum absolute atomic E-state index is 0.126. The number of likely N-dealkylation sites (tertiary alicyclic amines) is 1. The van der Waals surface area contributed by atoms with E-state index >= 15 is 0 Å². The number of nitrogens with zero attached hydrogens (tertiary/aromatic N) is 1. The maximum atomic E-state index is 11.6. The van der Waals surface area contributed by atoms with Crippen molar-refractivity contribution in [2.45, 2.75) is 18.9 Å². The van der Waals surface area contributed by atoms with Gasteiger partial charge in [0.1, 0.15) is 0 Å². The van der Waals surface area contributed by atoms with Crippen LogP contribution >= 0.6 is 15.9 Å². The van der Waals surface area contributed by atoms with Gasteiger partial charge in [-0.15, -0.1) is 0 Å². The SMILES string of the molecule is COc1cc(C(c2ccc(Br)cc2)N2CCCC(C(=O)O)C2)cc(OC)c1OC. The van der Waals surface area contributed by atoms with Crippen LogP contribution in [0.2, 0.25) is 0 Å². The average molecular weight is 464 g/mol. The van der Waals surface area contributed by atoms with Crippen molar-refractivity contribution in [3.63, 3.8) is 0 Å². The molecular formula is C22H26BrNO5. The summed E-state index contributed by atoms with van der Waals surface area (Å²) in [5, 5.41) is 9.56. The average Bonchev–Trinajstić information content (AvgIpc) is 2.74. The van der Waals surface area contributed by atoms with E-state index in [1.807, 2.05) is 24.3 Å². The number of benzene rings is 2. The van der Waals surface area contributed by atoms with Crippen molar-refractivity contribution in [3.8, 4) is 17.2 Å². The largest absolute Gasteiger partial charge is 0.493 e. The van der Waals surface area contributed by atoms with Gasteiger partial charge in [-0.25, -0.2) is 0 Å². The molecule has 2 aromatic rings. The summed E-state index contributed by atoms with van der Waals surface area (Å²) >= 11 is 3.49. The van der Waals surface area contributed by atoms with E-state index in [4.69, 9.17) is 14.2 Å². The lowest BCUT2D eigenvalue weighted by atomic mass is 9.91. The number of methoxy groups -OCH3 is 3. The molecule has 0 radical (unpaired) electrons. The molecule has 6 nitrogen and oxygen atoms in total. The number of ether oxygens (including phenoxy) is 3. The van der Waals surface area contributed by atoms with Gasteiger partial charge in [0.2, 0.25) is 5.75 Å². The summed E-state index contributed by atoms with van der Waals surface area (Å²) in [4.78, 5) is 13.9. The van der Waals surface area contributed by atoms with E-state index in [9.17, 15) is 9.90 Å². The van der Waals surface area contributed by atoms with Crippen molar-refractivity contribution in [1.29, 1.82) is 0 Å². The molecule has 2 aromatic carbocycles. The second kappa shape index (κ2) is 9.50. The Morgan fingerprint density at radius 2 is 1.69 bits per heavy atom. The number of carboxylic acid groups (broad SMARTS) is 1. The molecular weight excluding hydrogens is 438 g/mol. The van der Waals surface area contributed by atoms with E-state index < -0.39 is 5.97 Å². The normalized spacial score (nSPS) is 18.1. The van der Waals surface area contributed by atoms with E-state index in [-0.39, 0.29) is 12.0 Å². The molecule has 0 bridgehead atoms. The highest BCUT2D eigenvalue weighted by atomic mass is 79.9. The Morgan fingerprint density at radius 3 is 2.21 bits per heavy atom. The molecule has 1 saturated heterocycles. The highest BCUT2D eigenvalue weighted by Gasteiger charge is 2.32. The van der Waals surface area contributed by atoms with Crippen LogP contribution in [0, 0.1) is 5.92 Å². The van der Waals surface area contributed by atoms with Crippen molar-refractivity contribution in [3.05, 3.63) is 52.0 Å². The molecule has 1 heterocycles. The zero-order valence-corrected chi connectivity index (χ0v) is 18.4. The molecule has 1 aliphatic rings. The number of aliphatic carboxylic acids is 1. The molecule has 0 aliphatic carbocycles. The highest BCUT2D eigenvalue weighted by Crippen LogP contribution is 2.43. The minimum atomic E-state index is -0.742. The number of rotatable bonds is 7. The van der Waals surface area contributed by atoms with Gasteiger partial charge >= 0.3 is 5.97 Å². The molecule has 0 spiro atoms. The second-order valence-corrected chi connectivity index (χ2v) is 8.00. The number of piperidine rings is 1. The van der Waals surface area contributed by atoms with Crippen LogP contribution in [0.15, 0.2) is 40.9 Å². The van der Waals surface area contributed by atoms with Gasteiger partial charge in [0.25, 0.3) is 0 Å². The molecule has 1 aliphatic heterocycles. The fourth-order valence-corrected chi connectivity index (χ4v) is 4.23. The summed E-state index contributed by atoms with van der Waals surface area (Å²) in [6.45, 7) is 1.31. The zero-order chi connectivity index (χ0) is 21.0. The van der Waals surface area contributed by atoms with Gasteiger partial charge in [-0.2, -0.15) is 0 Å². The van der Waals surface area contributed by atoms with Gasteiger partial charge in [-0.1, -0.05) is 28.1 Å². The van der Waals surface area contributed by atoms with E-state index in [0.717, 1.165) is 28.6 Å². The molecule has 1 fully saturated rings. The van der Waals surface area contributed by atoms with E-state index in [1.165, 1.54) is 0 Å². The van der Waals surface area contributed by atoms with Gasteiger partial charge in [0, 0.05) is 11.0 Å². The van der Waals surface area contributed by atoms with Crippen molar-refractivity contribution in [1.82, 2.24) is 4.90 Å². The molecule has 2 atom stereocenters. The van der Waals surface area contributed by atoms with Crippen molar-refractivity contribution in [2.75, 3.05) is 34.4 Å². The summed E-state index contributed by atoms with van der Waals surface area (Å²) in [5.41, 5.74) is 2.04. The van der Waals surface area contributed by atoms with Gasteiger partial charge < -0.3 is 19.3 Å². The third-order valence-corrected chi connectivity index (χ3v) is 5.88. The fourth-order valence-electron chi connectivity index (χ4n) is 3.96. The van der Waals surface area contributed by atoms with Crippen molar-refractivity contribution < 1.29 is 24.1 Å². The Morgan fingerprint density at radius 1 is 1.07 bits per heavy atom. The topological polar surface area (TPSA) is 68.2 Å². The van der Waals surface area contributed by atoms with Crippen molar-refractivity contribution in [2.24, 2.45) is 5.92 Å². The number of hydrogen-bond donors (Lipinski definition) is 1. The molecule has 0 amide bonds. The Kier molecular flexibility index (Phi) is 7.03. The maximum Gasteiger partial charge on any atom is 0.307 e. The molecule has 156 valence electrons. The van der Waals surface area contributed by atoms with Gasteiger partial charge in [0.15, 0.2) is 11.5 Å². The zero-order valence-electron chi connectivity index (χ0n) is 16.9. The highest BCUT2D eigenvalue weighted by molar-refractivity contribution is 9.10. The molecule has 2 unspecified atom stereocenters. The molecule has 0 saturated carbocycles. The predicted octanol–water partition coefficient (Wildman–Crippen LogP) is 4.36. The summed E-state index contributed by atoms with van der Waals surface area (Å²) in [6.07, 6.45) is 1.54. The Balaban J connectivity index is 2.10. The van der Waals surface area contributed by atoms with Gasteiger partial charge in [0.05, 0.1) is 33.3 Å². The molecule has 0 aromatic heterocycles. The van der Waals surface area contributed by atoms with Crippen LogP contribution in [0.3, 0.4) is 0 Å². The first-order valence-corrected chi connectivity index (χ1v) is 10.3. The second-order valence-electron chi connectivity index (χ2n) is 7.09. The molecule has 29 heavy (non-hydrogen) atoms. The number of carbonyl (C=O) groups is 1. The van der Waals surface area contributed by atoms with Crippen LogP contribution < -0.4 is 14.2 Å². The molecule has 7 heteroatoms. The smallest absolute Gasteiger partial charge is 0.307 e. The molecule has 3 rings (SSSR count). The number of hydrogen-bond acceptors (Lipinski definition) is 5. The fraction of sp³-hybridized carbons (Fsp3) is 0.409. The van der Waals surface area contributed by atoms with Crippen LogP contribution in [0.1, 0.15) is 30.0 Å². The summed E-state index contributed by atoms with van der Waals surface area (Å²) in [5.74, 6) is 0.583. The summed E-state index contributed by atoms with van der Waals surface area (Å²) < 4.78 is 17.5. The van der Waals surface area contributed by atoms with Crippen LogP contribution in [0.4, 0.5) is 0 Å². The van der Waals surface area contributed by atoms with E-state index in [1.54, 1.807) is 21.3 Å². The lowest BCUT2D eigenvalue weighted by molar-refractivity contribution is -0.143. The molecule has 1 N–H and O–H groups in total. The third kappa shape index (κ3) is 4.67. The third-order valence-electron chi connectivity index (χ3n) is 5.36. The first kappa shape index (κ1) is 21.5. The minimum Gasteiger partial charge on any atom is -0.493 e. The van der Waals surface area contributed by atoms with Crippen LogP contribution in [0.25, 0.3) is 0 Å². The number of halogens is 1. The summed E-state index contributed by atoms with van der Waals surface area (Å²) in [6, 6.07) is 11.9. The standard InChI is InChI=1S/C22H26BrNO5/c1-27-18-11-16(12-19(28-2)21(18)29-3)20(14-6-8-17(23)9-7-14)24-10-4-5-15(13-24)22(25)26/h6-9,11-12,15,20H,4-5,10,13H2,1-3H3,(H,25,26). The monoisotopic (exact) mass is 463 g/mol. The van der Waals surface area contributed by atoms with E-state index in [2.05, 4.69) is 33.0 Å². The van der Waals surface area contributed by atoms with Gasteiger partial charge in [-0.05, 0) is 54.8 Å². The quantitative estimate of drug-likeness (QED) is 0.657. The van der Waals surface area contributed by atoms with Crippen molar-refractivity contribution >= 4 is 21.9 Å². The Hall–Kier alpha value is -2.25. The first-order valence-electron chi connectivity index (χ1n) is 9.50. The lowest BCUT2D eigenvalue weighted by Gasteiger charge is -2.38. The van der Waals surface area contributed by atoms with Crippen LogP contribution in [0.5, 0.6) is 17.2 Å². The maximum absolute atomic E-state index is 11.6. The predicted molar refractivity (Wildman–Crippen MR) is 114 cm³/mol. The lowest BCUT2D eigenvalue weighted by Crippen LogP contribution is -2.41. The van der Waals surface area contributed by atoms with Crippen LogP contribution in [-0.4, -0.2) is 50.4 Å². The first-order chi connectivity index (χ1) is 14.0.